The maximum atomic E-state index is 12.8. The van der Waals surface area contributed by atoms with Gasteiger partial charge < -0.3 is 24.4 Å². The average Bonchev–Trinajstić information content (AvgIpc) is 3.11. The quantitative estimate of drug-likeness (QED) is 0.636. The van der Waals surface area contributed by atoms with Crippen LogP contribution < -0.4 is 0 Å². The summed E-state index contributed by atoms with van der Waals surface area (Å²) >= 11 is 0. The molecular weight excluding hydrogens is 453 g/mol. The Morgan fingerprint density at radius 1 is 1.15 bits per heavy atom. The summed E-state index contributed by atoms with van der Waals surface area (Å²) in [4.78, 5) is 26.3. The molecule has 0 aromatic heterocycles. The number of aryl methyl sites for hydroxylation is 1. The van der Waals surface area contributed by atoms with E-state index in [0.29, 0.717) is 12.3 Å². The molecule has 2 aliphatic heterocycles. The van der Waals surface area contributed by atoms with Crippen molar-refractivity contribution >= 4 is 11.9 Å². The molecule has 1 atom stereocenters. The number of hydrogen-bond acceptors (Lipinski definition) is 5. The summed E-state index contributed by atoms with van der Waals surface area (Å²) in [5.41, 5.74) is 2.62. The number of amides is 1. The van der Waals surface area contributed by atoms with Gasteiger partial charge in [-0.3, -0.25) is 4.79 Å². The van der Waals surface area contributed by atoms with Crippen LogP contribution in [0.2, 0.25) is 0 Å². The second-order valence-corrected chi connectivity index (χ2v) is 9.03. The molecule has 3 rings (SSSR count). The number of carboxylic acid groups (broad SMARTS) is 1. The second-order valence-electron chi connectivity index (χ2n) is 9.03. The number of hydrogen-bond donors (Lipinski definition) is 1. The number of rotatable bonds is 7. The minimum absolute atomic E-state index is 0.261. The van der Waals surface area contributed by atoms with Crippen LogP contribution in [0.4, 0.5) is 13.2 Å². The van der Waals surface area contributed by atoms with Crippen molar-refractivity contribution in [1.29, 1.82) is 0 Å². The lowest BCUT2D eigenvalue weighted by molar-refractivity contribution is -0.192. The van der Waals surface area contributed by atoms with Crippen LogP contribution in [-0.2, 0) is 25.5 Å². The van der Waals surface area contributed by atoms with Gasteiger partial charge in [-0.2, -0.15) is 13.2 Å². The highest BCUT2D eigenvalue weighted by Crippen LogP contribution is 2.44. The van der Waals surface area contributed by atoms with Gasteiger partial charge in [-0.15, -0.1) is 0 Å². The summed E-state index contributed by atoms with van der Waals surface area (Å²) in [5.74, 6) is -1.95. The molecule has 0 radical (unpaired) electrons. The number of aliphatic carboxylic acids is 1. The van der Waals surface area contributed by atoms with Crippen LogP contribution in [0.15, 0.2) is 24.3 Å². The van der Waals surface area contributed by atoms with Crippen molar-refractivity contribution in [2.45, 2.75) is 32.4 Å². The third-order valence-corrected chi connectivity index (χ3v) is 6.82. The van der Waals surface area contributed by atoms with Crippen LogP contribution >= 0.6 is 0 Å². The maximum absolute atomic E-state index is 12.8. The van der Waals surface area contributed by atoms with E-state index >= 15 is 0 Å². The monoisotopic (exact) mass is 488 g/mol. The van der Waals surface area contributed by atoms with Crippen molar-refractivity contribution in [3.63, 3.8) is 0 Å². The SMILES string of the molecule is COCCN1CC(COC)C2(CCN(C(=O)Cc3ccccc3C)CC2)C1.O=C(O)C(F)(F)F. The molecule has 2 aliphatic rings. The molecule has 1 unspecified atom stereocenters. The number of alkyl halides is 3. The standard InChI is InChI=1S/C22H34N2O3.C2HF3O2/c1-18-6-4-5-7-19(18)14-21(25)24-10-8-22(9-11-24)17-23(12-13-26-2)15-20(22)16-27-3;3-2(4,5)1(6)7/h4-7,20H,8-17H2,1-3H3;(H,6,7). The Balaban J connectivity index is 0.000000509. The maximum Gasteiger partial charge on any atom is 0.490 e. The largest absolute Gasteiger partial charge is 0.490 e. The van der Waals surface area contributed by atoms with E-state index in [9.17, 15) is 18.0 Å². The van der Waals surface area contributed by atoms with E-state index in [-0.39, 0.29) is 11.3 Å². The number of halogens is 3. The normalized spacial score (nSPS) is 20.2. The number of methoxy groups -OCH3 is 2. The van der Waals surface area contributed by atoms with Gasteiger partial charge in [-0.05, 0) is 36.3 Å². The second kappa shape index (κ2) is 12.5. The Morgan fingerprint density at radius 2 is 1.76 bits per heavy atom. The number of ether oxygens (including phenoxy) is 2. The smallest absolute Gasteiger partial charge is 0.475 e. The van der Waals surface area contributed by atoms with Crippen molar-refractivity contribution in [2.75, 3.05) is 60.2 Å². The molecule has 1 amide bonds. The Bertz CT molecular complexity index is 810. The average molecular weight is 489 g/mol. The lowest BCUT2D eigenvalue weighted by Gasteiger charge is -2.42. The molecule has 1 N–H and O–H groups in total. The topological polar surface area (TPSA) is 79.3 Å². The summed E-state index contributed by atoms with van der Waals surface area (Å²) in [6.07, 6.45) is -2.42. The van der Waals surface area contributed by atoms with E-state index in [0.717, 1.165) is 64.3 Å². The van der Waals surface area contributed by atoms with E-state index in [1.165, 1.54) is 5.56 Å². The molecule has 0 saturated carbocycles. The summed E-state index contributed by atoms with van der Waals surface area (Å²) in [5, 5.41) is 7.12. The van der Waals surface area contributed by atoms with Crippen LogP contribution in [0.5, 0.6) is 0 Å². The highest BCUT2D eigenvalue weighted by Gasteiger charge is 2.48. The van der Waals surface area contributed by atoms with Crippen molar-refractivity contribution in [3.8, 4) is 0 Å². The minimum atomic E-state index is -5.08. The predicted octanol–water partition coefficient (Wildman–Crippen LogP) is 3.00. The van der Waals surface area contributed by atoms with Crippen molar-refractivity contribution in [1.82, 2.24) is 9.80 Å². The first kappa shape index (κ1) is 28.1. The van der Waals surface area contributed by atoms with E-state index in [4.69, 9.17) is 19.4 Å². The summed E-state index contributed by atoms with van der Waals surface area (Å²) < 4.78 is 42.5. The number of nitrogens with zero attached hydrogens (tertiary/aromatic N) is 2. The zero-order valence-electron chi connectivity index (χ0n) is 20.1. The molecule has 0 aliphatic carbocycles. The number of carbonyl (C=O) groups excluding carboxylic acids is 1. The van der Waals surface area contributed by atoms with Gasteiger partial charge in [0.2, 0.25) is 5.91 Å². The first-order valence-corrected chi connectivity index (χ1v) is 11.3. The summed E-state index contributed by atoms with van der Waals surface area (Å²) in [6.45, 7) is 8.55. The van der Waals surface area contributed by atoms with Gasteiger partial charge in [-0.1, -0.05) is 24.3 Å². The minimum Gasteiger partial charge on any atom is -0.475 e. The Hall–Kier alpha value is -2.17. The van der Waals surface area contributed by atoms with Gasteiger partial charge in [0, 0.05) is 52.9 Å². The number of piperidine rings is 1. The highest BCUT2D eigenvalue weighted by molar-refractivity contribution is 5.79. The third kappa shape index (κ3) is 7.68. The van der Waals surface area contributed by atoms with Crippen molar-refractivity contribution < 1.29 is 37.3 Å². The predicted molar refractivity (Wildman–Crippen MR) is 121 cm³/mol. The molecule has 1 aromatic rings. The van der Waals surface area contributed by atoms with Crippen LogP contribution in [-0.4, -0.2) is 93.1 Å². The molecule has 34 heavy (non-hydrogen) atoms. The molecule has 10 heteroatoms. The fourth-order valence-corrected chi connectivity index (χ4v) is 4.82. The molecule has 192 valence electrons. The van der Waals surface area contributed by atoms with E-state index in [2.05, 4.69) is 28.9 Å². The first-order chi connectivity index (χ1) is 16.0. The number of benzene rings is 1. The molecule has 2 heterocycles. The molecule has 2 fully saturated rings. The molecule has 7 nitrogen and oxygen atoms in total. The zero-order chi connectivity index (χ0) is 25.4. The Morgan fingerprint density at radius 3 is 2.29 bits per heavy atom. The molecule has 0 bridgehead atoms. The Labute approximate surface area is 198 Å². The first-order valence-electron chi connectivity index (χ1n) is 11.3. The van der Waals surface area contributed by atoms with Crippen LogP contribution in [0.3, 0.4) is 0 Å². The number of likely N-dealkylation sites (tertiary alicyclic amines) is 2. The fourth-order valence-electron chi connectivity index (χ4n) is 4.82. The van der Waals surface area contributed by atoms with Crippen LogP contribution in [0, 0.1) is 18.3 Å². The molecule has 1 spiro atoms. The highest BCUT2D eigenvalue weighted by atomic mass is 19.4. The van der Waals surface area contributed by atoms with Gasteiger partial charge in [0.05, 0.1) is 19.6 Å². The molecule has 2 saturated heterocycles. The van der Waals surface area contributed by atoms with Crippen LogP contribution in [0.25, 0.3) is 0 Å². The lowest BCUT2D eigenvalue weighted by Crippen LogP contribution is -2.47. The van der Waals surface area contributed by atoms with Crippen LogP contribution in [0.1, 0.15) is 24.0 Å². The van der Waals surface area contributed by atoms with E-state index in [1.54, 1.807) is 14.2 Å². The lowest BCUT2D eigenvalue weighted by atomic mass is 9.71. The van der Waals surface area contributed by atoms with Gasteiger partial charge >= 0.3 is 12.1 Å². The van der Waals surface area contributed by atoms with E-state index < -0.39 is 12.1 Å². The summed E-state index contributed by atoms with van der Waals surface area (Å²) in [6, 6.07) is 8.19. The zero-order valence-corrected chi connectivity index (χ0v) is 20.1. The number of carboxylic acids is 1. The number of carbonyl (C=O) groups is 2. The summed E-state index contributed by atoms with van der Waals surface area (Å²) in [7, 11) is 3.56. The fraction of sp³-hybridized carbons (Fsp3) is 0.667. The van der Waals surface area contributed by atoms with Crippen molar-refractivity contribution in [3.05, 3.63) is 35.4 Å². The van der Waals surface area contributed by atoms with Crippen molar-refractivity contribution in [2.24, 2.45) is 11.3 Å². The van der Waals surface area contributed by atoms with Gasteiger partial charge in [-0.25, -0.2) is 4.79 Å². The third-order valence-electron chi connectivity index (χ3n) is 6.82. The molecule has 1 aromatic carbocycles. The van der Waals surface area contributed by atoms with Gasteiger partial charge in [0.1, 0.15) is 0 Å². The molecular formula is C24H35F3N2O5. The van der Waals surface area contributed by atoms with Gasteiger partial charge in [0.25, 0.3) is 0 Å². The Kier molecular flexibility index (Phi) is 10.3. The van der Waals surface area contributed by atoms with E-state index in [1.807, 2.05) is 12.1 Å². The van der Waals surface area contributed by atoms with Gasteiger partial charge in [0.15, 0.2) is 0 Å².